The SMILES string of the molecule is CCc1nc(CN2CCC(CNC(=O)[C@H]3C[C@@H](O)CN3)CC2)cs1. The van der Waals surface area contributed by atoms with Crippen molar-refractivity contribution in [3.63, 3.8) is 0 Å². The number of hydrogen-bond acceptors (Lipinski definition) is 6. The van der Waals surface area contributed by atoms with Gasteiger partial charge in [-0.2, -0.15) is 0 Å². The maximum absolute atomic E-state index is 12.1. The zero-order chi connectivity index (χ0) is 16.9. The quantitative estimate of drug-likeness (QED) is 0.704. The number of aliphatic hydroxyl groups excluding tert-OH is 1. The zero-order valence-corrected chi connectivity index (χ0v) is 15.1. The molecule has 2 saturated heterocycles. The van der Waals surface area contributed by atoms with Crippen molar-refractivity contribution in [1.29, 1.82) is 0 Å². The monoisotopic (exact) mass is 352 g/mol. The van der Waals surface area contributed by atoms with E-state index in [9.17, 15) is 9.90 Å². The molecule has 6 nitrogen and oxygen atoms in total. The molecule has 1 aromatic heterocycles. The van der Waals surface area contributed by atoms with Crippen molar-refractivity contribution in [2.24, 2.45) is 5.92 Å². The van der Waals surface area contributed by atoms with Gasteiger partial charge < -0.3 is 15.7 Å². The summed E-state index contributed by atoms with van der Waals surface area (Å²) in [6.45, 7) is 6.49. The lowest BCUT2D eigenvalue weighted by Gasteiger charge is -2.31. The van der Waals surface area contributed by atoms with Gasteiger partial charge in [-0.1, -0.05) is 6.92 Å². The Kier molecular flexibility index (Phi) is 6.21. The molecule has 0 radical (unpaired) electrons. The minimum Gasteiger partial charge on any atom is -0.392 e. The van der Waals surface area contributed by atoms with Crippen molar-refractivity contribution >= 4 is 17.2 Å². The normalized spacial score (nSPS) is 25.9. The van der Waals surface area contributed by atoms with Crippen molar-refractivity contribution in [3.8, 4) is 0 Å². The molecule has 0 bridgehead atoms. The first kappa shape index (κ1) is 17.8. The number of thiazole rings is 1. The average Bonchev–Trinajstić information content (AvgIpc) is 3.23. The van der Waals surface area contributed by atoms with Crippen molar-refractivity contribution in [2.45, 2.75) is 51.3 Å². The Balaban J connectivity index is 1.35. The minimum absolute atomic E-state index is 0.0311. The first-order chi connectivity index (χ1) is 11.6. The number of hydrogen-bond donors (Lipinski definition) is 3. The first-order valence-electron chi connectivity index (χ1n) is 8.98. The number of carbonyl (C=O) groups excluding carboxylic acids is 1. The molecule has 3 rings (SSSR count). The minimum atomic E-state index is -0.386. The molecule has 2 aliphatic heterocycles. The summed E-state index contributed by atoms with van der Waals surface area (Å²) in [5.41, 5.74) is 1.19. The molecule has 0 saturated carbocycles. The highest BCUT2D eigenvalue weighted by atomic mass is 32.1. The molecule has 134 valence electrons. The van der Waals surface area contributed by atoms with E-state index in [1.54, 1.807) is 11.3 Å². The lowest BCUT2D eigenvalue weighted by atomic mass is 9.96. The lowest BCUT2D eigenvalue weighted by Crippen LogP contribution is -2.44. The fourth-order valence-corrected chi connectivity index (χ4v) is 4.18. The summed E-state index contributed by atoms with van der Waals surface area (Å²) in [6, 6.07) is -0.225. The van der Waals surface area contributed by atoms with E-state index in [-0.39, 0.29) is 18.1 Å². The predicted molar refractivity (Wildman–Crippen MR) is 94.9 cm³/mol. The number of likely N-dealkylation sites (tertiary alicyclic amines) is 1. The van der Waals surface area contributed by atoms with Crippen LogP contribution in [0.4, 0.5) is 0 Å². The summed E-state index contributed by atoms with van der Waals surface area (Å²) in [6.07, 6.45) is 3.39. The lowest BCUT2D eigenvalue weighted by molar-refractivity contribution is -0.123. The number of nitrogens with one attached hydrogen (secondary N) is 2. The Morgan fingerprint density at radius 3 is 2.92 bits per heavy atom. The van der Waals surface area contributed by atoms with Crippen LogP contribution in [0.3, 0.4) is 0 Å². The molecule has 2 atom stereocenters. The van der Waals surface area contributed by atoms with Crippen LogP contribution in [0.25, 0.3) is 0 Å². The molecule has 3 N–H and O–H groups in total. The summed E-state index contributed by atoms with van der Waals surface area (Å²) < 4.78 is 0. The second kappa shape index (κ2) is 8.38. The maximum atomic E-state index is 12.1. The first-order valence-corrected chi connectivity index (χ1v) is 9.86. The summed E-state index contributed by atoms with van der Waals surface area (Å²) in [5, 5.41) is 19.0. The number of piperidine rings is 1. The molecule has 0 aliphatic carbocycles. The number of aliphatic hydroxyl groups is 1. The predicted octanol–water partition coefficient (Wildman–Crippen LogP) is 0.757. The van der Waals surface area contributed by atoms with Crippen molar-refractivity contribution < 1.29 is 9.90 Å². The molecular formula is C17H28N4O2S. The van der Waals surface area contributed by atoms with Crippen molar-refractivity contribution in [1.82, 2.24) is 20.5 Å². The van der Waals surface area contributed by atoms with Crippen LogP contribution in [0.5, 0.6) is 0 Å². The van der Waals surface area contributed by atoms with Gasteiger partial charge in [-0.3, -0.25) is 9.69 Å². The molecule has 0 aromatic carbocycles. The summed E-state index contributed by atoms with van der Waals surface area (Å²) >= 11 is 1.75. The van der Waals surface area contributed by atoms with E-state index in [4.69, 9.17) is 0 Å². The van der Waals surface area contributed by atoms with Gasteiger partial charge in [0, 0.05) is 25.0 Å². The number of nitrogens with zero attached hydrogens (tertiary/aromatic N) is 2. The Morgan fingerprint density at radius 1 is 1.50 bits per heavy atom. The third kappa shape index (κ3) is 4.75. The van der Waals surface area contributed by atoms with Gasteiger partial charge in [0.1, 0.15) is 0 Å². The Hall–Kier alpha value is -1.02. The highest BCUT2D eigenvalue weighted by Crippen LogP contribution is 2.19. The van der Waals surface area contributed by atoms with E-state index < -0.39 is 0 Å². The number of β-amino-alcohol motifs (C(OH)–C–C–N with tert-alkyl or cyclic N) is 1. The van der Waals surface area contributed by atoms with Gasteiger partial charge in [0.05, 0.1) is 22.8 Å². The Morgan fingerprint density at radius 2 is 2.29 bits per heavy atom. The molecule has 0 unspecified atom stereocenters. The number of carbonyl (C=O) groups is 1. The maximum Gasteiger partial charge on any atom is 0.237 e. The second-order valence-corrected chi connectivity index (χ2v) is 7.84. The van der Waals surface area contributed by atoms with E-state index in [0.29, 0.717) is 18.9 Å². The smallest absolute Gasteiger partial charge is 0.237 e. The van der Waals surface area contributed by atoms with E-state index in [1.807, 2.05) is 0 Å². The van der Waals surface area contributed by atoms with Gasteiger partial charge in [0.15, 0.2) is 0 Å². The van der Waals surface area contributed by atoms with Gasteiger partial charge in [-0.25, -0.2) is 4.98 Å². The molecule has 7 heteroatoms. The summed E-state index contributed by atoms with van der Waals surface area (Å²) in [7, 11) is 0. The van der Waals surface area contributed by atoms with Gasteiger partial charge in [-0.15, -0.1) is 11.3 Å². The Bertz CT molecular complexity index is 542. The second-order valence-electron chi connectivity index (χ2n) is 6.90. The number of rotatable bonds is 6. The molecule has 3 heterocycles. The number of aromatic nitrogens is 1. The molecule has 1 amide bonds. The standard InChI is InChI=1S/C17H28N4O2S/c1-2-16-20-13(11-24-16)10-21-5-3-12(4-6-21)8-19-17(23)15-7-14(22)9-18-15/h11-12,14-15,18,22H,2-10H2,1H3,(H,19,23)/t14-,15-/m1/s1. The van der Waals surface area contributed by atoms with E-state index in [2.05, 4.69) is 32.8 Å². The zero-order valence-electron chi connectivity index (χ0n) is 14.3. The summed E-state index contributed by atoms with van der Waals surface area (Å²) in [4.78, 5) is 19.2. The molecule has 2 aliphatic rings. The average molecular weight is 353 g/mol. The van der Waals surface area contributed by atoms with Crippen LogP contribution >= 0.6 is 11.3 Å². The Labute approximate surface area is 147 Å². The number of aryl methyl sites for hydroxylation is 1. The van der Waals surface area contributed by atoms with Gasteiger partial charge in [0.2, 0.25) is 5.91 Å². The topological polar surface area (TPSA) is 77.5 Å². The highest BCUT2D eigenvalue weighted by molar-refractivity contribution is 7.09. The number of amides is 1. The van der Waals surface area contributed by atoms with Gasteiger partial charge in [-0.05, 0) is 44.7 Å². The highest BCUT2D eigenvalue weighted by Gasteiger charge is 2.28. The van der Waals surface area contributed by atoms with Crippen LogP contribution in [0.15, 0.2) is 5.38 Å². The van der Waals surface area contributed by atoms with Crippen molar-refractivity contribution in [3.05, 3.63) is 16.1 Å². The van der Waals surface area contributed by atoms with Gasteiger partial charge in [0.25, 0.3) is 0 Å². The van der Waals surface area contributed by atoms with E-state index in [1.165, 1.54) is 10.7 Å². The fraction of sp³-hybridized carbons (Fsp3) is 0.765. The third-order valence-electron chi connectivity index (χ3n) is 4.98. The van der Waals surface area contributed by atoms with Gasteiger partial charge >= 0.3 is 0 Å². The molecule has 1 aromatic rings. The van der Waals surface area contributed by atoms with Crippen LogP contribution in [-0.2, 0) is 17.8 Å². The van der Waals surface area contributed by atoms with Crippen LogP contribution in [0, 0.1) is 5.92 Å². The molecule has 0 spiro atoms. The fourth-order valence-electron chi connectivity index (χ4n) is 3.45. The van der Waals surface area contributed by atoms with Crippen LogP contribution in [0.2, 0.25) is 0 Å². The summed E-state index contributed by atoms with van der Waals surface area (Å²) in [5.74, 6) is 0.585. The van der Waals surface area contributed by atoms with E-state index >= 15 is 0 Å². The van der Waals surface area contributed by atoms with Crippen LogP contribution < -0.4 is 10.6 Å². The molecule has 2 fully saturated rings. The third-order valence-corrected chi connectivity index (χ3v) is 6.03. The molecular weight excluding hydrogens is 324 g/mol. The van der Waals surface area contributed by atoms with Crippen molar-refractivity contribution in [2.75, 3.05) is 26.2 Å². The van der Waals surface area contributed by atoms with E-state index in [0.717, 1.165) is 45.4 Å². The molecule has 24 heavy (non-hydrogen) atoms. The largest absolute Gasteiger partial charge is 0.392 e. The van der Waals surface area contributed by atoms with Crippen LogP contribution in [-0.4, -0.2) is 59.2 Å². The van der Waals surface area contributed by atoms with Crippen LogP contribution in [0.1, 0.15) is 36.9 Å².